The van der Waals surface area contributed by atoms with Gasteiger partial charge in [0.05, 0.1) is 6.26 Å². The second kappa shape index (κ2) is 6.09. The lowest BCUT2D eigenvalue weighted by atomic mass is 10.1. The Morgan fingerprint density at radius 2 is 1.76 bits per heavy atom. The van der Waals surface area contributed by atoms with Crippen molar-refractivity contribution >= 4 is 27.3 Å². The van der Waals surface area contributed by atoms with E-state index in [0.717, 1.165) is 23.9 Å². The normalized spacial score (nSPS) is 11.2. The molecule has 0 unspecified atom stereocenters. The zero-order valence-electron chi connectivity index (χ0n) is 12.2. The van der Waals surface area contributed by atoms with Crippen molar-refractivity contribution in [1.29, 1.82) is 0 Å². The molecule has 1 heterocycles. The molecule has 2 rings (SSSR count). The Morgan fingerprint density at radius 3 is 2.33 bits per heavy atom. The summed E-state index contributed by atoms with van der Waals surface area (Å²) in [6.45, 7) is 4.11. The summed E-state index contributed by atoms with van der Waals surface area (Å²) in [5.74, 6) is 0.765. The van der Waals surface area contributed by atoms with Gasteiger partial charge >= 0.3 is 0 Å². The second-order valence-electron chi connectivity index (χ2n) is 4.77. The fourth-order valence-corrected chi connectivity index (χ4v) is 2.46. The predicted molar refractivity (Wildman–Crippen MR) is 84.3 cm³/mol. The zero-order valence-corrected chi connectivity index (χ0v) is 13.0. The monoisotopic (exact) mass is 306 g/mol. The Balaban J connectivity index is 2.21. The highest BCUT2D eigenvalue weighted by Gasteiger charge is 2.07. The average molecular weight is 306 g/mol. The summed E-state index contributed by atoms with van der Waals surface area (Å²) >= 11 is 0. The highest BCUT2D eigenvalue weighted by atomic mass is 32.2. The first-order chi connectivity index (χ1) is 9.89. The van der Waals surface area contributed by atoms with Crippen LogP contribution < -0.4 is 10.0 Å². The largest absolute Gasteiger partial charge is 0.338 e. The van der Waals surface area contributed by atoms with Crippen LogP contribution in [0.1, 0.15) is 18.1 Å². The van der Waals surface area contributed by atoms with E-state index in [1.807, 2.05) is 19.1 Å². The molecular weight excluding hydrogens is 288 g/mol. The molecule has 112 valence electrons. The average Bonchev–Trinajstić information content (AvgIpc) is 2.41. The molecule has 0 saturated carbocycles. The minimum Gasteiger partial charge on any atom is -0.338 e. The number of nitrogens with zero attached hydrogens (tertiary/aromatic N) is 2. The van der Waals surface area contributed by atoms with E-state index in [1.54, 1.807) is 12.1 Å². The summed E-state index contributed by atoms with van der Waals surface area (Å²) in [6.07, 6.45) is 1.98. The maximum Gasteiger partial charge on any atom is 0.231 e. The smallest absolute Gasteiger partial charge is 0.231 e. The Bertz CT molecular complexity index is 727. The number of aromatic nitrogens is 2. The number of hydrogen-bond acceptors (Lipinski definition) is 5. The number of para-hydroxylation sites is 1. The molecule has 1 aromatic carbocycles. The van der Waals surface area contributed by atoms with Crippen molar-refractivity contribution in [2.24, 2.45) is 0 Å². The molecular formula is C14H18N4O2S. The highest BCUT2D eigenvalue weighted by molar-refractivity contribution is 7.92. The molecule has 0 radical (unpaired) electrons. The van der Waals surface area contributed by atoms with E-state index in [9.17, 15) is 8.42 Å². The molecule has 6 nitrogen and oxygen atoms in total. The van der Waals surface area contributed by atoms with E-state index in [4.69, 9.17) is 0 Å². The number of nitrogens with one attached hydrogen (secondary N) is 2. The van der Waals surface area contributed by atoms with Crippen molar-refractivity contribution in [3.05, 3.63) is 41.5 Å². The van der Waals surface area contributed by atoms with Crippen molar-refractivity contribution in [2.45, 2.75) is 20.3 Å². The summed E-state index contributed by atoms with van der Waals surface area (Å²) in [5, 5.41) is 11.1. The van der Waals surface area contributed by atoms with Gasteiger partial charge in [0.2, 0.25) is 10.0 Å². The third-order valence-corrected chi connectivity index (χ3v) is 3.53. The number of anilines is 3. The summed E-state index contributed by atoms with van der Waals surface area (Å²) < 4.78 is 24.5. The van der Waals surface area contributed by atoms with Crippen molar-refractivity contribution < 1.29 is 8.42 Å². The minimum atomic E-state index is -3.34. The number of rotatable bonds is 5. The van der Waals surface area contributed by atoms with Crippen LogP contribution in [0.25, 0.3) is 0 Å². The van der Waals surface area contributed by atoms with Crippen molar-refractivity contribution in [2.75, 3.05) is 16.3 Å². The van der Waals surface area contributed by atoms with Gasteiger partial charge in [-0.2, -0.15) is 0 Å². The molecule has 2 N–H and O–H groups in total. The van der Waals surface area contributed by atoms with Crippen LogP contribution in [0.4, 0.5) is 17.3 Å². The Hall–Kier alpha value is -2.15. The molecule has 7 heteroatoms. The third-order valence-electron chi connectivity index (χ3n) is 2.95. The Labute approximate surface area is 124 Å². The molecule has 2 aromatic rings. The van der Waals surface area contributed by atoms with Gasteiger partial charge in [-0.25, -0.2) is 8.42 Å². The minimum absolute atomic E-state index is 0.198. The predicted octanol–water partition coefficient (Wildman–Crippen LogP) is 2.46. The SMILES string of the molecule is CCc1cccc(C)c1Nc1ccc(NS(C)(=O)=O)nn1. The maximum atomic E-state index is 11.1. The fourth-order valence-electron chi connectivity index (χ4n) is 1.97. The van der Waals surface area contributed by atoms with Crippen molar-refractivity contribution in [3.8, 4) is 0 Å². The van der Waals surface area contributed by atoms with Gasteiger partial charge in [0.1, 0.15) is 0 Å². The van der Waals surface area contributed by atoms with Crippen LogP contribution in [0.3, 0.4) is 0 Å². The second-order valence-corrected chi connectivity index (χ2v) is 6.51. The van der Waals surface area contributed by atoms with E-state index >= 15 is 0 Å². The molecule has 0 amide bonds. The molecule has 0 atom stereocenters. The summed E-state index contributed by atoms with van der Waals surface area (Å²) in [4.78, 5) is 0. The molecule has 0 spiro atoms. The van der Waals surface area contributed by atoms with Crippen molar-refractivity contribution in [3.63, 3.8) is 0 Å². The zero-order chi connectivity index (χ0) is 15.5. The number of hydrogen-bond donors (Lipinski definition) is 2. The van der Waals surface area contributed by atoms with E-state index in [1.165, 1.54) is 5.56 Å². The third kappa shape index (κ3) is 4.16. The Kier molecular flexibility index (Phi) is 4.42. The lowest BCUT2D eigenvalue weighted by Crippen LogP contribution is -2.11. The highest BCUT2D eigenvalue weighted by Crippen LogP contribution is 2.24. The van der Waals surface area contributed by atoms with E-state index in [2.05, 4.69) is 33.2 Å². The van der Waals surface area contributed by atoms with E-state index in [0.29, 0.717) is 5.82 Å². The van der Waals surface area contributed by atoms with Gasteiger partial charge in [0, 0.05) is 5.69 Å². The molecule has 21 heavy (non-hydrogen) atoms. The van der Waals surface area contributed by atoms with Gasteiger partial charge in [0.25, 0.3) is 0 Å². The van der Waals surface area contributed by atoms with Gasteiger partial charge in [-0.1, -0.05) is 25.1 Å². The first kappa shape index (κ1) is 15.2. The summed E-state index contributed by atoms with van der Waals surface area (Å²) in [7, 11) is -3.34. The fraction of sp³-hybridized carbons (Fsp3) is 0.286. The summed E-state index contributed by atoms with van der Waals surface area (Å²) in [5.41, 5.74) is 3.32. The van der Waals surface area contributed by atoms with Gasteiger partial charge < -0.3 is 5.32 Å². The number of benzene rings is 1. The molecule has 0 fully saturated rings. The van der Waals surface area contributed by atoms with Gasteiger partial charge in [0.15, 0.2) is 11.6 Å². The topological polar surface area (TPSA) is 84.0 Å². The molecule has 0 saturated heterocycles. The van der Waals surface area contributed by atoms with Gasteiger partial charge in [-0.3, -0.25) is 4.72 Å². The van der Waals surface area contributed by atoms with Gasteiger partial charge in [-0.15, -0.1) is 10.2 Å². The molecule has 0 aliphatic rings. The lowest BCUT2D eigenvalue weighted by molar-refractivity contribution is 0.606. The maximum absolute atomic E-state index is 11.1. The Morgan fingerprint density at radius 1 is 1.10 bits per heavy atom. The lowest BCUT2D eigenvalue weighted by Gasteiger charge is -2.13. The molecule has 0 bridgehead atoms. The van der Waals surface area contributed by atoms with Crippen LogP contribution in [0.5, 0.6) is 0 Å². The van der Waals surface area contributed by atoms with Crippen LogP contribution in [0.15, 0.2) is 30.3 Å². The summed E-state index contributed by atoms with van der Waals surface area (Å²) in [6, 6.07) is 9.35. The molecule has 1 aromatic heterocycles. The van der Waals surface area contributed by atoms with Crippen LogP contribution in [-0.2, 0) is 16.4 Å². The first-order valence-electron chi connectivity index (χ1n) is 6.56. The van der Waals surface area contributed by atoms with E-state index < -0.39 is 10.0 Å². The number of sulfonamides is 1. The molecule has 0 aliphatic heterocycles. The quantitative estimate of drug-likeness (QED) is 0.886. The first-order valence-corrected chi connectivity index (χ1v) is 8.45. The van der Waals surface area contributed by atoms with Crippen LogP contribution in [-0.4, -0.2) is 24.9 Å². The van der Waals surface area contributed by atoms with E-state index in [-0.39, 0.29) is 5.82 Å². The standard InChI is InChI=1S/C14H18N4O2S/c1-4-11-7-5-6-10(2)14(11)15-12-8-9-13(17-16-12)18-21(3,19)20/h5-9H,4H2,1-3H3,(H,15,16)(H,17,18). The van der Waals surface area contributed by atoms with Crippen LogP contribution in [0.2, 0.25) is 0 Å². The van der Waals surface area contributed by atoms with Crippen LogP contribution >= 0.6 is 0 Å². The van der Waals surface area contributed by atoms with Gasteiger partial charge in [-0.05, 0) is 36.6 Å². The van der Waals surface area contributed by atoms with Crippen LogP contribution in [0, 0.1) is 6.92 Å². The molecule has 0 aliphatic carbocycles. The number of aryl methyl sites for hydroxylation is 2. The van der Waals surface area contributed by atoms with Crippen molar-refractivity contribution in [1.82, 2.24) is 10.2 Å².